The van der Waals surface area contributed by atoms with Crippen LogP contribution in [0, 0.1) is 0 Å². The molecule has 0 atom stereocenters. The lowest BCUT2D eigenvalue weighted by Crippen LogP contribution is -2.17. The second kappa shape index (κ2) is 6.46. The van der Waals surface area contributed by atoms with Crippen LogP contribution in [0.15, 0.2) is 35.5 Å². The molecule has 0 saturated heterocycles. The standard InChI is InChI=1S/C12H14N4O4S/c1-20-10-2-3-11(9(8-10)4-7-17)21(18,19)16-12-13-5-6-14-15-12/h2-3,5-6,8,17H,4,7H2,1H3,(H,13,15,16). The van der Waals surface area contributed by atoms with Gasteiger partial charge in [0.2, 0.25) is 0 Å². The summed E-state index contributed by atoms with van der Waals surface area (Å²) < 4.78 is 32.0. The number of aromatic nitrogens is 3. The molecule has 0 saturated carbocycles. The molecule has 1 aromatic carbocycles. The van der Waals surface area contributed by atoms with Crippen LogP contribution in [-0.2, 0) is 16.4 Å². The van der Waals surface area contributed by atoms with E-state index in [0.717, 1.165) is 0 Å². The minimum atomic E-state index is -3.87. The van der Waals surface area contributed by atoms with E-state index >= 15 is 0 Å². The van der Waals surface area contributed by atoms with Gasteiger partial charge in [-0.1, -0.05) is 0 Å². The molecule has 0 spiro atoms. The summed E-state index contributed by atoms with van der Waals surface area (Å²) in [6, 6.07) is 4.50. The van der Waals surface area contributed by atoms with Crippen LogP contribution in [0.4, 0.5) is 5.95 Å². The summed E-state index contributed by atoms with van der Waals surface area (Å²) in [6.07, 6.45) is 2.84. The molecular formula is C12H14N4O4S. The van der Waals surface area contributed by atoms with Crippen molar-refractivity contribution in [3.05, 3.63) is 36.2 Å². The Balaban J connectivity index is 2.39. The van der Waals surface area contributed by atoms with E-state index in [0.29, 0.717) is 11.3 Å². The normalized spacial score (nSPS) is 11.1. The molecule has 1 heterocycles. The van der Waals surface area contributed by atoms with Crippen molar-refractivity contribution >= 4 is 16.0 Å². The topological polar surface area (TPSA) is 114 Å². The largest absolute Gasteiger partial charge is 0.497 e. The monoisotopic (exact) mass is 310 g/mol. The van der Waals surface area contributed by atoms with E-state index in [1.165, 1.54) is 31.6 Å². The molecule has 0 aliphatic rings. The minimum absolute atomic E-state index is 0.0322. The zero-order valence-corrected chi connectivity index (χ0v) is 12.0. The van der Waals surface area contributed by atoms with Crippen molar-refractivity contribution in [2.45, 2.75) is 11.3 Å². The lowest BCUT2D eigenvalue weighted by Gasteiger charge is -2.12. The highest BCUT2D eigenvalue weighted by atomic mass is 32.2. The first-order valence-electron chi connectivity index (χ1n) is 6.01. The maximum Gasteiger partial charge on any atom is 0.264 e. The van der Waals surface area contributed by atoms with Gasteiger partial charge < -0.3 is 9.84 Å². The van der Waals surface area contributed by atoms with Crippen LogP contribution < -0.4 is 9.46 Å². The van der Waals surface area contributed by atoms with Gasteiger partial charge in [-0.3, -0.25) is 0 Å². The minimum Gasteiger partial charge on any atom is -0.497 e. The van der Waals surface area contributed by atoms with Crippen molar-refractivity contribution in [2.75, 3.05) is 18.4 Å². The third kappa shape index (κ3) is 3.64. The number of nitrogens with zero attached hydrogens (tertiary/aromatic N) is 3. The van der Waals surface area contributed by atoms with E-state index in [1.54, 1.807) is 6.07 Å². The predicted octanol–water partition coefficient (Wildman–Crippen LogP) is 0.216. The van der Waals surface area contributed by atoms with Gasteiger partial charge in [-0.05, 0) is 30.2 Å². The molecule has 21 heavy (non-hydrogen) atoms. The van der Waals surface area contributed by atoms with Crippen molar-refractivity contribution in [1.82, 2.24) is 15.2 Å². The number of nitrogens with one attached hydrogen (secondary N) is 1. The van der Waals surface area contributed by atoms with Crippen molar-refractivity contribution in [2.24, 2.45) is 0 Å². The second-order valence-corrected chi connectivity index (χ2v) is 5.67. The zero-order valence-electron chi connectivity index (χ0n) is 11.2. The Morgan fingerprint density at radius 1 is 1.33 bits per heavy atom. The van der Waals surface area contributed by atoms with Crippen LogP contribution in [0.1, 0.15) is 5.56 Å². The van der Waals surface area contributed by atoms with Crippen LogP contribution in [0.3, 0.4) is 0 Å². The molecule has 2 aromatic rings. The highest BCUT2D eigenvalue weighted by Crippen LogP contribution is 2.23. The number of hydrogen-bond donors (Lipinski definition) is 2. The third-order valence-electron chi connectivity index (χ3n) is 2.65. The average molecular weight is 310 g/mol. The van der Waals surface area contributed by atoms with E-state index in [-0.39, 0.29) is 23.9 Å². The van der Waals surface area contributed by atoms with Gasteiger partial charge in [0.15, 0.2) is 0 Å². The van der Waals surface area contributed by atoms with Gasteiger partial charge >= 0.3 is 0 Å². The summed E-state index contributed by atoms with van der Waals surface area (Å²) in [6.45, 7) is -0.181. The van der Waals surface area contributed by atoms with Crippen molar-refractivity contribution in [3.63, 3.8) is 0 Å². The molecule has 2 rings (SSSR count). The molecule has 0 radical (unpaired) electrons. The Hall–Kier alpha value is -2.26. The van der Waals surface area contributed by atoms with Gasteiger partial charge in [-0.15, -0.1) is 5.10 Å². The van der Waals surface area contributed by atoms with Crippen LogP contribution in [0.5, 0.6) is 5.75 Å². The molecule has 0 amide bonds. The molecule has 0 fully saturated rings. The summed E-state index contributed by atoms with van der Waals surface area (Å²) in [4.78, 5) is 3.79. The lowest BCUT2D eigenvalue weighted by atomic mass is 10.1. The number of anilines is 1. The molecule has 0 bridgehead atoms. The number of ether oxygens (including phenoxy) is 1. The van der Waals surface area contributed by atoms with E-state index in [4.69, 9.17) is 9.84 Å². The molecule has 0 aliphatic carbocycles. The summed E-state index contributed by atoms with van der Waals surface area (Å²) >= 11 is 0. The van der Waals surface area contributed by atoms with E-state index < -0.39 is 10.0 Å². The summed E-state index contributed by atoms with van der Waals surface area (Å²) in [5.41, 5.74) is 0.438. The molecular weight excluding hydrogens is 296 g/mol. The number of rotatable bonds is 6. The quantitative estimate of drug-likeness (QED) is 0.784. The Bertz CT molecular complexity index is 706. The van der Waals surface area contributed by atoms with Gasteiger partial charge in [0.25, 0.3) is 16.0 Å². The molecule has 1 aromatic heterocycles. The molecule has 0 aliphatic heterocycles. The van der Waals surface area contributed by atoms with Crippen LogP contribution in [0.25, 0.3) is 0 Å². The lowest BCUT2D eigenvalue weighted by molar-refractivity contribution is 0.298. The first kappa shape index (κ1) is 15.1. The van der Waals surface area contributed by atoms with Gasteiger partial charge in [-0.25, -0.2) is 18.1 Å². The molecule has 9 heteroatoms. The average Bonchev–Trinajstić information content (AvgIpc) is 2.48. The number of methoxy groups -OCH3 is 1. The van der Waals surface area contributed by atoms with E-state index in [9.17, 15) is 8.42 Å². The molecule has 0 unspecified atom stereocenters. The predicted molar refractivity (Wildman–Crippen MR) is 74.4 cm³/mol. The Labute approximate surface area is 121 Å². The van der Waals surface area contributed by atoms with Gasteiger partial charge in [-0.2, -0.15) is 5.10 Å². The molecule has 2 N–H and O–H groups in total. The first-order chi connectivity index (χ1) is 10.1. The fraction of sp³-hybridized carbons (Fsp3) is 0.250. The van der Waals surface area contributed by atoms with Crippen LogP contribution in [0.2, 0.25) is 0 Å². The summed E-state index contributed by atoms with van der Waals surface area (Å²) in [7, 11) is -2.39. The number of benzene rings is 1. The van der Waals surface area contributed by atoms with Crippen molar-refractivity contribution in [3.8, 4) is 5.75 Å². The van der Waals surface area contributed by atoms with Crippen LogP contribution in [-0.4, -0.2) is 42.4 Å². The highest BCUT2D eigenvalue weighted by Gasteiger charge is 2.20. The Morgan fingerprint density at radius 3 is 2.76 bits per heavy atom. The van der Waals surface area contributed by atoms with Crippen LogP contribution >= 0.6 is 0 Å². The summed E-state index contributed by atoms with van der Waals surface area (Å²) in [5, 5.41) is 16.2. The maximum absolute atomic E-state index is 12.4. The second-order valence-electron chi connectivity index (χ2n) is 4.02. The number of sulfonamides is 1. The van der Waals surface area contributed by atoms with Crippen molar-refractivity contribution < 1.29 is 18.3 Å². The SMILES string of the molecule is COc1ccc(S(=O)(=O)Nc2nccnn2)c(CCO)c1. The summed E-state index contributed by atoms with van der Waals surface area (Å²) in [5.74, 6) is 0.387. The highest BCUT2D eigenvalue weighted by molar-refractivity contribution is 7.92. The fourth-order valence-electron chi connectivity index (χ4n) is 1.73. The smallest absolute Gasteiger partial charge is 0.264 e. The van der Waals surface area contributed by atoms with Gasteiger partial charge in [0.05, 0.1) is 24.4 Å². The molecule has 8 nitrogen and oxygen atoms in total. The van der Waals surface area contributed by atoms with Gasteiger partial charge in [0, 0.05) is 6.61 Å². The van der Waals surface area contributed by atoms with E-state index in [2.05, 4.69) is 19.9 Å². The fourth-order valence-corrected chi connectivity index (χ4v) is 2.93. The zero-order chi connectivity index (χ0) is 15.3. The molecule has 112 valence electrons. The van der Waals surface area contributed by atoms with Crippen molar-refractivity contribution in [1.29, 1.82) is 0 Å². The van der Waals surface area contributed by atoms with E-state index in [1.807, 2.05) is 0 Å². The Morgan fingerprint density at radius 2 is 2.14 bits per heavy atom. The number of aliphatic hydroxyl groups is 1. The maximum atomic E-state index is 12.4. The third-order valence-corrected chi connectivity index (χ3v) is 4.08. The number of hydrogen-bond acceptors (Lipinski definition) is 7. The van der Waals surface area contributed by atoms with Gasteiger partial charge in [0.1, 0.15) is 5.75 Å². The Kier molecular flexibility index (Phi) is 4.66. The number of aliphatic hydroxyl groups excluding tert-OH is 1. The first-order valence-corrected chi connectivity index (χ1v) is 7.49.